The first-order chi connectivity index (χ1) is 13.0. The molecule has 0 saturated heterocycles. The molecule has 2 aromatic heterocycles. The maximum absolute atomic E-state index is 12.2. The second-order valence-electron chi connectivity index (χ2n) is 5.88. The van der Waals surface area contributed by atoms with Crippen LogP contribution in [0.2, 0.25) is 5.02 Å². The maximum atomic E-state index is 12.2. The Bertz CT molecular complexity index is 963. The highest BCUT2D eigenvalue weighted by molar-refractivity contribution is 7.99. The zero-order chi connectivity index (χ0) is 19.4. The largest absolute Gasteiger partial charge is 0.325 e. The van der Waals surface area contributed by atoms with E-state index in [9.17, 15) is 4.79 Å². The molecule has 1 N–H and O–H groups in total. The minimum Gasteiger partial charge on any atom is -0.325 e. The van der Waals surface area contributed by atoms with E-state index >= 15 is 0 Å². The Balaban J connectivity index is 1.73. The molecule has 0 bridgehead atoms. The number of carbonyl (C=O) groups is 1. The summed E-state index contributed by atoms with van der Waals surface area (Å²) in [6.07, 6.45) is 1.80. The van der Waals surface area contributed by atoms with Crippen LogP contribution in [0, 0.1) is 13.8 Å². The number of thiophene rings is 1. The van der Waals surface area contributed by atoms with Crippen molar-refractivity contribution in [1.29, 1.82) is 0 Å². The van der Waals surface area contributed by atoms with E-state index < -0.39 is 0 Å². The van der Waals surface area contributed by atoms with Gasteiger partial charge in [0, 0.05) is 33.1 Å². The third-order valence-corrected chi connectivity index (χ3v) is 6.25. The molecule has 1 amide bonds. The average Bonchev–Trinajstić information content (AvgIpc) is 3.19. The van der Waals surface area contributed by atoms with E-state index in [1.165, 1.54) is 22.2 Å². The van der Waals surface area contributed by atoms with Gasteiger partial charge in [0.25, 0.3) is 0 Å². The van der Waals surface area contributed by atoms with Gasteiger partial charge in [0.15, 0.2) is 11.0 Å². The van der Waals surface area contributed by atoms with Gasteiger partial charge < -0.3 is 5.32 Å². The molecule has 0 aliphatic rings. The molecule has 3 rings (SSSR count). The van der Waals surface area contributed by atoms with Crippen LogP contribution in [0.25, 0.3) is 11.4 Å². The van der Waals surface area contributed by atoms with E-state index in [0.29, 0.717) is 22.4 Å². The predicted octanol–water partition coefficient (Wildman–Crippen LogP) is 5.19. The van der Waals surface area contributed by atoms with Crippen LogP contribution >= 0.6 is 34.7 Å². The van der Waals surface area contributed by atoms with Crippen molar-refractivity contribution in [2.24, 2.45) is 0 Å². The van der Waals surface area contributed by atoms with E-state index in [-0.39, 0.29) is 11.7 Å². The molecule has 0 fully saturated rings. The number of anilines is 1. The minimum absolute atomic E-state index is 0.111. The van der Waals surface area contributed by atoms with Gasteiger partial charge in [0.2, 0.25) is 5.91 Å². The van der Waals surface area contributed by atoms with E-state index in [1.54, 1.807) is 41.7 Å². The lowest BCUT2D eigenvalue weighted by atomic mass is 10.1. The highest BCUT2D eigenvalue weighted by atomic mass is 35.5. The molecule has 0 aliphatic carbocycles. The molecule has 3 aromatic rings. The van der Waals surface area contributed by atoms with Crippen LogP contribution in [0.15, 0.2) is 47.5 Å². The molecule has 27 heavy (non-hydrogen) atoms. The summed E-state index contributed by atoms with van der Waals surface area (Å²) in [5.74, 6) is 0.927. The summed E-state index contributed by atoms with van der Waals surface area (Å²) >= 11 is 8.91. The van der Waals surface area contributed by atoms with Gasteiger partial charge in [0.1, 0.15) is 0 Å². The fraction of sp³-hybridized carbons (Fsp3) is 0.211. The molecule has 0 atom stereocenters. The minimum atomic E-state index is -0.111. The summed E-state index contributed by atoms with van der Waals surface area (Å²) in [6, 6.07) is 7.01. The maximum Gasteiger partial charge on any atom is 0.234 e. The Morgan fingerprint density at radius 3 is 2.70 bits per heavy atom. The van der Waals surface area contributed by atoms with E-state index in [1.807, 2.05) is 4.57 Å². The van der Waals surface area contributed by atoms with Crippen molar-refractivity contribution in [2.75, 3.05) is 11.1 Å². The zero-order valence-corrected chi connectivity index (χ0v) is 17.4. The Morgan fingerprint density at radius 1 is 1.33 bits per heavy atom. The second-order valence-corrected chi connectivity index (χ2v) is 8.34. The normalized spacial score (nSPS) is 10.8. The molecule has 0 saturated carbocycles. The Kier molecular flexibility index (Phi) is 6.36. The number of rotatable bonds is 7. The highest BCUT2D eigenvalue weighted by Crippen LogP contribution is 2.31. The molecule has 0 unspecified atom stereocenters. The van der Waals surface area contributed by atoms with Gasteiger partial charge in [0.05, 0.1) is 5.75 Å². The van der Waals surface area contributed by atoms with Crippen molar-refractivity contribution in [3.8, 4) is 11.4 Å². The SMILES string of the molecule is C=CCn1c(SCC(=O)Nc2ccc(Cl)cc2)nnc1-c1csc(C)c1C. The smallest absolute Gasteiger partial charge is 0.234 e. The zero-order valence-electron chi connectivity index (χ0n) is 15.0. The Morgan fingerprint density at radius 2 is 2.07 bits per heavy atom. The second kappa shape index (κ2) is 8.73. The number of allylic oxidation sites excluding steroid dienone is 1. The quantitative estimate of drug-likeness (QED) is 0.423. The van der Waals surface area contributed by atoms with Crippen LogP contribution in [0.4, 0.5) is 5.69 Å². The van der Waals surface area contributed by atoms with Gasteiger partial charge in [-0.05, 0) is 43.7 Å². The molecular weight excluding hydrogens is 400 g/mol. The summed E-state index contributed by atoms with van der Waals surface area (Å²) in [5, 5.41) is 14.9. The number of carbonyl (C=O) groups excluding carboxylic acids is 1. The van der Waals surface area contributed by atoms with Crippen LogP contribution in [-0.4, -0.2) is 26.4 Å². The summed E-state index contributed by atoms with van der Waals surface area (Å²) in [4.78, 5) is 13.5. The van der Waals surface area contributed by atoms with Gasteiger partial charge in [-0.3, -0.25) is 9.36 Å². The number of nitrogens with one attached hydrogen (secondary N) is 1. The van der Waals surface area contributed by atoms with Crippen LogP contribution in [0.5, 0.6) is 0 Å². The fourth-order valence-electron chi connectivity index (χ4n) is 2.48. The monoisotopic (exact) mass is 418 g/mol. The van der Waals surface area contributed by atoms with Crippen molar-refractivity contribution >= 4 is 46.3 Å². The lowest BCUT2D eigenvalue weighted by molar-refractivity contribution is -0.113. The number of halogens is 1. The van der Waals surface area contributed by atoms with Gasteiger partial charge in [-0.25, -0.2) is 0 Å². The molecule has 1 aromatic carbocycles. The van der Waals surface area contributed by atoms with Crippen molar-refractivity contribution in [3.05, 3.63) is 57.8 Å². The molecule has 8 heteroatoms. The summed E-state index contributed by atoms with van der Waals surface area (Å²) in [7, 11) is 0. The number of benzene rings is 1. The van der Waals surface area contributed by atoms with Gasteiger partial charge in [-0.15, -0.1) is 28.1 Å². The molecular formula is C19H19ClN4OS2. The number of aromatic nitrogens is 3. The molecule has 140 valence electrons. The molecule has 2 heterocycles. The van der Waals surface area contributed by atoms with Gasteiger partial charge in [-0.1, -0.05) is 29.4 Å². The first-order valence-electron chi connectivity index (χ1n) is 8.27. The first kappa shape index (κ1) is 19.7. The van der Waals surface area contributed by atoms with Gasteiger partial charge >= 0.3 is 0 Å². The molecule has 5 nitrogen and oxygen atoms in total. The lowest BCUT2D eigenvalue weighted by Crippen LogP contribution is -2.14. The van der Waals surface area contributed by atoms with Crippen molar-refractivity contribution < 1.29 is 4.79 Å². The van der Waals surface area contributed by atoms with E-state index in [4.69, 9.17) is 11.6 Å². The van der Waals surface area contributed by atoms with E-state index in [0.717, 1.165) is 11.4 Å². The topological polar surface area (TPSA) is 59.8 Å². The third-order valence-electron chi connectivity index (χ3n) is 4.02. The van der Waals surface area contributed by atoms with Crippen molar-refractivity contribution in [2.45, 2.75) is 25.5 Å². The average molecular weight is 419 g/mol. The number of thioether (sulfide) groups is 1. The molecule has 0 aliphatic heterocycles. The van der Waals surface area contributed by atoms with Crippen LogP contribution < -0.4 is 5.32 Å². The molecule has 0 spiro atoms. The number of nitrogens with zero attached hydrogens (tertiary/aromatic N) is 3. The number of amides is 1. The number of hydrogen-bond donors (Lipinski definition) is 1. The van der Waals surface area contributed by atoms with Gasteiger partial charge in [-0.2, -0.15) is 0 Å². The van der Waals surface area contributed by atoms with Crippen molar-refractivity contribution in [3.63, 3.8) is 0 Å². The van der Waals surface area contributed by atoms with E-state index in [2.05, 4.69) is 41.3 Å². The Labute approximate surface area is 171 Å². The van der Waals surface area contributed by atoms with Crippen LogP contribution in [0.3, 0.4) is 0 Å². The summed E-state index contributed by atoms with van der Waals surface area (Å²) in [5.41, 5.74) is 2.99. The fourth-order valence-corrected chi connectivity index (χ4v) is 4.22. The standard InChI is InChI=1S/C19H19ClN4OS2/c1-4-9-24-18(16-10-26-13(3)12(16)2)22-23-19(24)27-11-17(25)21-15-7-5-14(20)6-8-15/h4-8,10H,1,9,11H2,2-3H3,(H,21,25). The Hall–Kier alpha value is -2.09. The highest BCUT2D eigenvalue weighted by Gasteiger charge is 2.18. The number of hydrogen-bond acceptors (Lipinski definition) is 5. The van der Waals surface area contributed by atoms with Crippen LogP contribution in [0.1, 0.15) is 10.4 Å². The third kappa shape index (κ3) is 4.61. The summed E-state index contributed by atoms with van der Waals surface area (Å²) < 4.78 is 1.99. The lowest BCUT2D eigenvalue weighted by Gasteiger charge is -2.08. The summed E-state index contributed by atoms with van der Waals surface area (Å²) in [6.45, 7) is 8.58. The van der Waals surface area contributed by atoms with Crippen LogP contribution in [-0.2, 0) is 11.3 Å². The predicted molar refractivity (Wildman–Crippen MR) is 114 cm³/mol. The molecule has 0 radical (unpaired) electrons. The van der Waals surface area contributed by atoms with Crippen molar-refractivity contribution in [1.82, 2.24) is 14.8 Å². The number of aryl methyl sites for hydroxylation is 1. The first-order valence-corrected chi connectivity index (χ1v) is 10.5.